The normalized spacial score (nSPS) is 21.3. The van der Waals surface area contributed by atoms with E-state index in [0.29, 0.717) is 0 Å². The smallest absolute Gasteiger partial charge is 0.121 e. The van der Waals surface area contributed by atoms with Crippen LogP contribution in [-0.4, -0.2) is 6.00 Å². The molecule has 1 rings (SSSR count). The zero-order chi connectivity index (χ0) is 9.73. The quantitative estimate of drug-likeness (QED) is 0.465. The first-order chi connectivity index (χ1) is 6.11. The molecule has 0 saturated heterocycles. The van der Waals surface area contributed by atoms with E-state index in [1.54, 1.807) is 0 Å². The van der Waals surface area contributed by atoms with Crippen molar-refractivity contribution >= 4 is 39.2 Å². The second-order valence-electron chi connectivity index (χ2n) is 3.53. The fraction of sp³-hybridized carbons (Fsp3) is 0.778. The molecule has 0 bridgehead atoms. The Morgan fingerprint density at radius 2 is 1.54 bits per heavy atom. The van der Waals surface area contributed by atoms with Crippen LogP contribution in [0.2, 0.25) is 0 Å². The fourth-order valence-corrected chi connectivity index (χ4v) is 4.01. The van der Waals surface area contributed by atoms with Crippen molar-refractivity contribution in [3.63, 3.8) is 0 Å². The van der Waals surface area contributed by atoms with Gasteiger partial charge in [-0.2, -0.15) is 0 Å². The molecule has 0 unspecified atom stereocenters. The van der Waals surface area contributed by atoms with E-state index in [-0.39, 0.29) is 0 Å². The van der Waals surface area contributed by atoms with Crippen molar-refractivity contribution in [2.75, 3.05) is 0 Å². The van der Waals surface area contributed by atoms with Crippen LogP contribution in [0.5, 0.6) is 0 Å². The van der Waals surface area contributed by atoms with Gasteiger partial charge in [0.1, 0.15) is 0 Å². The highest BCUT2D eigenvalue weighted by Crippen LogP contribution is 2.33. The predicted molar refractivity (Wildman–Crippen MR) is 63.7 cm³/mol. The molecule has 0 N–H and O–H groups in total. The van der Waals surface area contributed by atoms with E-state index in [0.717, 1.165) is 18.0 Å². The second-order valence-corrected chi connectivity index (χ2v) is 12.0. The maximum absolute atomic E-state index is 5.99. The molecule has 0 amide bonds. The van der Waals surface area contributed by atoms with Crippen molar-refractivity contribution in [3.05, 3.63) is 11.3 Å². The fourth-order valence-electron chi connectivity index (χ4n) is 1.63. The monoisotopic (exact) mass is 256 g/mol. The highest BCUT2D eigenvalue weighted by Gasteiger charge is 2.29. The summed E-state index contributed by atoms with van der Waals surface area (Å²) in [6, 6.07) is -2.56. The van der Waals surface area contributed by atoms with Gasteiger partial charge in [-0.05, 0) is 30.9 Å². The maximum atomic E-state index is 5.99. The van der Waals surface area contributed by atoms with Gasteiger partial charge >= 0.3 is 6.00 Å². The minimum absolute atomic E-state index is 1.00. The van der Waals surface area contributed by atoms with Crippen LogP contribution in [-0.2, 0) is 0 Å². The van der Waals surface area contributed by atoms with Crippen molar-refractivity contribution in [2.45, 2.75) is 44.9 Å². The molecule has 1 aliphatic carbocycles. The summed E-state index contributed by atoms with van der Waals surface area (Å²) in [6.07, 6.45) is 10.6. The van der Waals surface area contributed by atoms with Gasteiger partial charge in [-0.15, -0.1) is 33.2 Å². The van der Waals surface area contributed by atoms with E-state index in [2.05, 4.69) is 6.08 Å². The third kappa shape index (κ3) is 4.73. The van der Waals surface area contributed by atoms with Gasteiger partial charge in [-0.25, -0.2) is 0 Å². The number of hydrogen-bond donors (Lipinski definition) is 0. The van der Waals surface area contributed by atoms with Crippen LogP contribution in [0.25, 0.3) is 0 Å². The van der Waals surface area contributed by atoms with E-state index in [1.165, 1.54) is 32.1 Å². The first-order valence-electron chi connectivity index (χ1n) is 4.87. The summed E-state index contributed by atoms with van der Waals surface area (Å²) in [4.78, 5) is 0. The lowest BCUT2D eigenvalue weighted by Gasteiger charge is -2.12. The molecule has 0 nitrogen and oxygen atoms in total. The van der Waals surface area contributed by atoms with Gasteiger partial charge in [-0.1, -0.05) is 25.3 Å². The summed E-state index contributed by atoms with van der Waals surface area (Å²) in [7, 11) is 0. The highest BCUT2D eigenvalue weighted by molar-refractivity contribution is 7.67. The molecule has 0 fully saturated rings. The Morgan fingerprint density at radius 3 is 2.23 bits per heavy atom. The largest absolute Gasteiger partial charge is 0.368 e. The number of hydrogen-bond acceptors (Lipinski definition) is 0. The molecule has 0 aliphatic heterocycles. The third-order valence-corrected chi connectivity index (χ3v) is 5.77. The average Bonchev–Trinajstić information content (AvgIpc) is 2.14. The minimum atomic E-state index is -2.56. The topological polar surface area (TPSA) is 0 Å². The van der Waals surface area contributed by atoms with Crippen molar-refractivity contribution in [1.29, 1.82) is 0 Å². The molecule has 0 saturated carbocycles. The molecular weight excluding hydrogens is 243 g/mol. The molecule has 0 radical (unpaired) electrons. The summed E-state index contributed by atoms with van der Waals surface area (Å²) in [5.41, 5.74) is 0. The molecule has 1 aliphatic rings. The van der Waals surface area contributed by atoms with Gasteiger partial charge in [0.05, 0.1) is 0 Å². The molecule has 4 heteroatoms. The Hall–Kier alpha value is 0.827. The second kappa shape index (κ2) is 5.65. The van der Waals surface area contributed by atoms with Crippen LogP contribution in [0.15, 0.2) is 11.3 Å². The Labute approximate surface area is 95.4 Å². The predicted octanol–water partition coefficient (Wildman–Crippen LogP) is 4.85. The molecular formula is C9H15Cl3Si. The van der Waals surface area contributed by atoms with E-state index in [1.807, 2.05) is 0 Å². The first kappa shape index (κ1) is 11.9. The molecule has 0 atom stereocenters. The Kier molecular flexibility index (Phi) is 5.17. The van der Waals surface area contributed by atoms with E-state index in [9.17, 15) is 0 Å². The Morgan fingerprint density at radius 1 is 0.923 bits per heavy atom. The van der Waals surface area contributed by atoms with Crippen molar-refractivity contribution < 1.29 is 0 Å². The molecule has 0 heterocycles. The highest BCUT2D eigenvalue weighted by atomic mass is 35.8. The summed E-state index contributed by atoms with van der Waals surface area (Å²) in [5.74, 6) is 0. The van der Waals surface area contributed by atoms with Gasteiger partial charge in [0.25, 0.3) is 0 Å². The summed E-state index contributed by atoms with van der Waals surface area (Å²) >= 11 is 18.0. The van der Waals surface area contributed by atoms with Crippen molar-refractivity contribution in [3.8, 4) is 0 Å². The lowest BCUT2D eigenvalue weighted by atomic mass is 10.1. The molecule has 0 aromatic heterocycles. The van der Waals surface area contributed by atoms with E-state index >= 15 is 0 Å². The SMILES string of the molecule is Cl[Si](Cl)(Cl)C1=CCCCCCCC1. The Balaban J connectivity index is 2.57. The van der Waals surface area contributed by atoms with Crippen LogP contribution in [0.4, 0.5) is 0 Å². The standard InChI is InChI=1S/C9H15Cl3Si/c10-13(11,12)9-7-5-3-1-2-4-6-8-9/h7H,1-6,8H2. The lowest BCUT2D eigenvalue weighted by Crippen LogP contribution is -2.14. The van der Waals surface area contributed by atoms with Gasteiger partial charge in [-0.3, -0.25) is 0 Å². The number of halogens is 3. The number of rotatable bonds is 1. The van der Waals surface area contributed by atoms with E-state index in [4.69, 9.17) is 33.2 Å². The third-order valence-electron chi connectivity index (χ3n) is 2.41. The lowest BCUT2D eigenvalue weighted by molar-refractivity contribution is 0.631. The number of allylic oxidation sites excluding steroid dienone is 2. The van der Waals surface area contributed by atoms with Crippen LogP contribution in [0.1, 0.15) is 44.9 Å². The van der Waals surface area contributed by atoms with Crippen LogP contribution < -0.4 is 0 Å². The van der Waals surface area contributed by atoms with Crippen LogP contribution in [0, 0.1) is 0 Å². The molecule has 0 aromatic carbocycles. The van der Waals surface area contributed by atoms with Gasteiger partial charge in [0.15, 0.2) is 0 Å². The molecule has 0 aromatic rings. The summed E-state index contributed by atoms with van der Waals surface area (Å²) in [5, 5.41) is 1.12. The minimum Gasteiger partial charge on any atom is -0.121 e. The van der Waals surface area contributed by atoms with Crippen LogP contribution in [0.3, 0.4) is 0 Å². The molecule has 13 heavy (non-hydrogen) atoms. The summed E-state index contributed by atoms with van der Waals surface area (Å²) < 4.78 is 0. The van der Waals surface area contributed by atoms with Crippen LogP contribution >= 0.6 is 33.2 Å². The maximum Gasteiger partial charge on any atom is 0.368 e. The Bertz CT molecular complexity index is 184. The van der Waals surface area contributed by atoms with E-state index < -0.39 is 6.00 Å². The van der Waals surface area contributed by atoms with Gasteiger partial charge < -0.3 is 0 Å². The van der Waals surface area contributed by atoms with Gasteiger partial charge in [0, 0.05) is 0 Å². The van der Waals surface area contributed by atoms with Crippen molar-refractivity contribution in [1.82, 2.24) is 0 Å². The molecule has 0 spiro atoms. The van der Waals surface area contributed by atoms with Crippen molar-refractivity contribution in [2.24, 2.45) is 0 Å². The van der Waals surface area contributed by atoms with Gasteiger partial charge in [0.2, 0.25) is 0 Å². The summed E-state index contributed by atoms with van der Waals surface area (Å²) in [6.45, 7) is 0. The first-order valence-corrected chi connectivity index (χ1v) is 9.90. The average molecular weight is 258 g/mol. The zero-order valence-corrected chi connectivity index (χ0v) is 10.9. The zero-order valence-electron chi connectivity index (χ0n) is 7.66. The molecule has 76 valence electrons.